The number of rotatable bonds is 4. The first-order chi connectivity index (χ1) is 9.08. The first-order valence-electron chi connectivity index (χ1n) is 6.07. The van der Waals surface area contributed by atoms with Crippen LogP contribution >= 0.6 is 23.2 Å². The van der Waals surface area contributed by atoms with E-state index in [0.29, 0.717) is 12.4 Å². The van der Waals surface area contributed by atoms with Gasteiger partial charge >= 0.3 is 0 Å². The number of non-ortho nitro benzene ring substituents is 1. The Bertz CT molecular complexity index is 453. The molecule has 0 aromatic heterocycles. The molecule has 1 N–H and O–H groups in total. The van der Waals surface area contributed by atoms with Crippen LogP contribution in [0, 0.1) is 10.1 Å². The van der Waals surface area contributed by atoms with Crippen molar-refractivity contribution in [1.29, 1.82) is 0 Å². The van der Waals surface area contributed by atoms with Crippen LogP contribution in [0.15, 0.2) is 12.1 Å². The third-order valence-electron chi connectivity index (χ3n) is 3.04. The highest BCUT2D eigenvalue weighted by atomic mass is 35.5. The Morgan fingerprint density at radius 2 is 2.05 bits per heavy atom. The van der Waals surface area contributed by atoms with E-state index in [-0.39, 0.29) is 21.8 Å². The molecule has 5 nitrogen and oxygen atoms in total. The Morgan fingerprint density at radius 1 is 1.37 bits per heavy atom. The molecule has 7 heteroatoms. The maximum atomic E-state index is 10.7. The highest BCUT2D eigenvalue weighted by molar-refractivity contribution is 6.37. The van der Waals surface area contributed by atoms with Crippen LogP contribution in [-0.2, 0) is 0 Å². The van der Waals surface area contributed by atoms with Crippen molar-refractivity contribution in [2.75, 3.05) is 13.2 Å². The monoisotopic (exact) mass is 304 g/mol. The Balaban J connectivity index is 2.05. The molecular formula is C12H14Cl2N2O3. The van der Waals surface area contributed by atoms with Gasteiger partial charge in [0.25, 0.3) is 5.69 Å². The summed E-state index contributed by atoms with van der Waals surface area (Å²) in [7, 11) is 0. The number of nitro groups is 1. The van der Waals surface area contributed by atoms with E-state index in [9.17, 15) is 10.1 Å². The van der Waals surface area contributed by atoms with Crippen LogP contribution in [0.3, 0.4) is 0 Å². The van der Waals surface area contributed by atoms with Gasteiger partial charge < -0.3 is 10.1 Å². The third-order valence-corrected chi connectivity index (χ3v) is 3.60. The lowest BCUT2D eigenvalue weighted by Gasteiger charge is -2.23. The Hall–Kier alpha value is -1.04. The lowest BCUT2D eigenvalue weighted by molar-refractivity contribution is -0.384. The number of nitro benzene ring substituents is 1. The highest BCUT2D eigenvalue weighted by Crippen LogP contribution is 2.36. The van der Waals surface area contributed by atoms with Crippen LogP contribution in [0.2, 0.25) is 10.0 Å². The maximum absolute atomic E-state index is 10.7. The van der Waals surface area contributed by atoms with Gasteiger partial charge in [0.15, 0.2) is 5.75 Å². The molecule has 1 heterocycles. The summed E-state index contributed by atoms with van der Waals surface area (Å²) in [6, 6.07) is 2.77. The summed E-state index contributed by atoms with van der Waals surface area (Å²) in [6.45, 7) is 1.44. The minimum absolute atomic E-state index is 0.141. The van der Waals surface area contributed by atoms with E-state index in [0.717, 1.165) is 13.0 Å². The summed E-state index contributed by atoms with van der Waals surface area (Å²) in [5.74, 6) is 0.307. The molecule has 1 fully saturated rings. The van der Waals surface area contributed by atoms with Crippen molar-refractivity contribution in [1.82, 2.24) is 5.32 Å². The number of ether oxygens (including phenoxy) is 1. The summed E-state index contributed by atoms with van der Waals surface area (Å²) in [5.41, 5.74) is -0.141. The van der Waals surface area contributed by atoms with E-state index in [1.54, 1.807) is 0 Å². The molecule has 2 rings (SSSR count). The minimum Gasteiger partial charge on any atom is -0.489 e. The van der Waals surface area contributed by atoms with Gasteiger partial charge in [-0.2, -0.15) is 0 Å². The molecule has 1 aromatic rings. The molecule has 0 saturated carbocycles. The zero-order valence-corrected chi connectivity index (χ0v) is 11.7. The van der Waals surface area contributed by atoms with Crippen molar-refractivity contribution in [2.45, 2.75) is 25.3 Å². The Morgan fingerprint density at radius 3 is 2.58 bits per heavy atom. The van der Waals surface area contributed by atoms with Gasteiger partial charge in [0.05, 0.1) is 15.0 Å². The predicted octanol–water partition coefficient (Wildman–Crippen LogP) is 3.42. The average molecular weight is 305 g/mol. The summed E-state index contributed by atoms with van der Waals surface area (Å²) < 4.78 is 5.59. The van der Waals surface area contributed by atoms with Gasteiger partial charge in [-0.3, -0.25) is 10.1 Å². The zero-order valence-electron chi connectivity index (χ0n) is 10.2. The number of benzene rings is 1. The van der Waals surface area contributed by atoms with E-state index >= 15 is 0 Å². The molecule has 1 saturated heterocycles. The van der Waals surface area contributed by atoms with Gasteiger partial charge in [-0.05, 0) is 19.4 Å². The van der Waals surface area contributed by atoms with Gasteiger partial charge in [-0.1, -0.05) is 29.6 Å². The molecule has 1 atom stereocenters. The minimum atomic E-state index is -0.537. The normalized spacial score (nSPS) is 19.2. The summed E-state index contributed by atoms with van der Waals surface area (Å²) in [4.78, 5) is 10.1. The van der Waals surface area contributed by atoms with E-state index in [4.69, 9.17) is 27.9 Å². The van der Waals surface area contributed by atoms with Crippen molar-refractivity contribution in [2.24, 2.45) is 0 Å². The topological polar surface area (TPSA) is 64.4 Å². The number of nitrogens with one attached hydrogen (secondary N) is 1. The van der Waals surface area contributed by atoms with Crippen LogP contribution in [0.5, 0.6) is 5.75 Å². The summed E-state index contributed by atoms with van der Waals surface area (Å²) in [6.07, 6.45) is 3.39. The molecule has 1 aromatic carbocycles. The van der Waals surface area contributed by atoms with Crippen molar-refractivity contribution in [3.05, 3.63) is 32.3 Å². The van der Waals surface area contributed by atoms with Gasteiger partial charge in [0.2, 0.25) is 0 Å². The first-order valence-corrected chi connectivity index (χ1v) is 6.83. The number of halogens is 2. The Labute approximate surface area is 121 Å². The SMILES string of the molecule is O=[N+]([O-])c1cc(Cl)c(OCC2CCCCN2)c(Cl)c1. The summed E-state index contributed by atoms with van der Waals surface area (Å²) in [5, 5.41) is 14.3. The number of hydrogen-bond donors (Lipinski definition) is 1. The van der Waals surface area contributed by atoms with E-state index < -0.39 is 4.92 Å². The number of piperidine rings is 1. The molecule has 19 heavy (non-hydrogen) atoms. The highest BCUT2D eigenvalue weighted by Gasteiger charge is 2.18. The Kier molecular flexibility index (Phi) is 4.85. The number of hydrogen-bond acceptors (Lipinski definition) is 4. The largest absolute Gasteiger partial charge is 0.489 e. The number of nitrogens with zero attached hydrogens (tertiary/aromatic N) is 1. The second-order valence-electron chi connectivity index (χ2n) is 4.45. The average Bonchev–Trinajstić information content (AvgIpc) is 2.38. The standard InChI is InChI=1S/C12H14Cl2N2O3/c13-10-5-9(16(17)18)6-11(14)12(10)19-7-8-3-1-2-4-15-8/h5-6,8,15H,1-4,7H2. The fourth-order valence-corrected chi connectivity index (χ4v) is 2.62. The first kappa shape index (κ1) is 14.4. The molecule has 0 radical (unpaired) electrons. The molecule has 0 bridgehead atoms. The molecule has 0 amide bonds. The van der Waals surface area contributed by atoms with E-state index in [1.165, 1.54) is 25.0 Å². The molecule has 1 unspecified atom stereocenters. The van der Waals surface area contributed by atoms with E-state index in [2.05, 4.69) is 5.32 Å². The molecular weight excluding hydrogens is 291 g/mol. The lowest BCUT2D eigenvalue weighted by Crippen LogP contribution is -2.38. The fourth-order valence-electron chi connectivity index (χ4n) is 2.04. The molecule has 104 valence electrons. The van der Waals surface area contributed by atoms with Crippen molar-refractivity contribution in [3.8, 4) is 5.75 Å². The second kappa shape index (κ2) is 6.41. The second-order valence-corrected chi connectivity index (χ2v) is 5.27. The van der Waals surface area contributed by atoms with Crippen LogP contribution < -0.4 is 10.1 Å². The van der Waals surface area contributed by atoms with Gasteiger partial charge in [-0.25, -0.2) is 0 Å². The van der Waals surface area contributed by atoms with Crippen molar-refractivity contribution >= 4 is 28.9 Å². The predicted molar refractivity (Wildman–Crippen MR) is 74.3 cm³/mol. The fraction of sp³-hybridized carbons (Fsp3) is 0.500. The van der Waals surface area contributed by atoms with Crippen LogP contribution in [-0.4, -0.2) is 24.1 Å². The van der Waals surface area contributed by atoms with Gasteiger partial charge in [-0.15, -0.1) is 0 Å². The van der Waals surface area contributed by atoms with Gasteiger partial charge in [0, 0.05) is 18.2 Å². The lowest BCUT2D eigenvalue weighted by atomic mass is 10.1. The molecule has 1 aliphatic rings. The van der Waals surface area contributed by atoms with Crippen LogP contribution in [0.4, 0.5) is 5.69 Å². The molecule has 1 aliphatic heterocycles. The molecule has 0 aliphatic carbocycles. The quantitative estimate of drug-likeness (QED) is 0.684. The molecule has 0 spiro atoms. The smallest absolute Gasteiger partial charge is 0.272 e. The summed E-state index contributed by atoms with van der Waals surface area (Å²) >= 11 is 11.9. The van der Waals surface area contributed by atoms with E-state index in [1.807, 2.05) is 0 Å². The third kappa shape index (κ3) is 3.72. The zero-order chi connectivity index (χ0) is 13.8. The van der Waals surface area contributed by atoms with Crippen LogP contribution in [0.1, 0.15) is 19.3 Å². The maximum Gasteiger partial charge on any atom is 0.272 e. The van der Waals surface area contributed by atoms with Crippen molar-refractivity contribution in [3.63, 3.8) is 0 Å². The van der Waals surface area contributed by atoms with Crippen molar-refractivity contribution < 1.29 is 9.66 Å². The van der Waals surface area contributed by atoms with Gasteiger partial charge in [0.1, 0.15) is 6.61 Å². The van der Waals surface area contributed by atoms with Crippen LogP contribution in [0.25, 0.3) is 0 Å².